The van der Waals surface area contributed by atoms with Crippen molar-refractivity contribution in [3.05, 3.63) is 12.2 Å². The lowest BCUT2D eigenvalue weighted by Crippen LogP contribution is -2.34. The molecule has 2 atom stereocenters. The van der Waals surface area contributed by atoms with Crippen LogP contribution in [-0.2, 0) is 19.1 Å². The van der Waals surface area contributed by atoms with Crippen LogP contribution in [0.1, 0.15) is 13.3 Å². The number of amides is 2. The van der Waals surface area contributed by atoms with Crippen LogP contribution >= 0.6 is 0 Å². The number of hydrogen-bond acceptors (Lipinski definition) is 5. The van der Waals surface area contributed by atoms with E-state index in [2.05, 4.69) is 4.74 Å². The minimum Gasteiger partial charge on any atom is -0.455 e. The van der Waals surface area contributed by atoms with Crippen LogP contribution in [0.3, 0.4) is 0 Å². The molecule has 0 N–H and O–H groups in total. The van der Waals surface area contributed by atoms with Crippen LogP contribution in [0.2, 0.25) is 0 Å². The molecule has 0 aromatic rings. The molecule has 1 fully saturated rings. The second-order valence-corrected chi connectivity index (χ2v) is 4.10. The third-order valence-corrected chi connectivity index (χ3v) is 2.79. The van der Waals surface area contributed by atoms with Gasteiger partial charge in [0.2, 0.25) is 5.91 Å². The van der Waals surface area contributed by atoms with Crippen LogP contribution in [-0.4, -0.2) is 42.1 Å². The number of carbonyl (C=O) groups is 3. The molecule has 1 saturated heterocycles. The third kappa shape index (κ3) is 2.46. The van der Waals surface area contributed by atoms with Crippen LogP contribution in [0.15, 0.2) is 12.2 Å². The zero-order valence-corrected chi connectivity index (χ0v) is 9.42. The largest absolute Gasteiger partial charge is 0.455 e. The highest BCUT2D eigenvalue weighted by Gasteiger charge is 2.32. The van der Waals surface area contributed by atoms with E-state index in [1.165, 1.54) is 6.08 Å². The number of ether oxygens (including phenoxy) is 2. The first-order valence-corrected chi connectivity index (χ1v) is 5.44. The topological polar surface area (TPSA) is 72.9 Å². The molecule has 2 aliphatic heterocycles. The standard InChI is InChI=1S/C11H13NO5/c1-7(8-2-3-10(14)17-8)6-9(13)12-4-5-16-11(12)15/h2-3,7-8H,4-6H2,1H3/t7-,8-/m1/s1. The molecule has 17 heavy (non-hydrogen) atoms. The lowest BCUT2D eigenvalue weighted by molar-refractivity contribution is -0.142. The van der Waals surface area contributed by atoms with E-state index in [0.29, 0.717) is 6.54 Å². The predicted molar refractivity (Wildman–Crippen MR) is 55.9 cm³/mol. The van der Waals surface area contributed by atoms with Crippen molar-refractivity contribution in [2.45, 2.75) is 19.4 Å². The first-order chi connectivity index (χ1) is 8.08. The number of nitrogens with zero attached hydrogens (tertiary/aromatic N) is 1. The Morgan fingerprint density at radius 2 is 2.35 bits per heavy atom. The highest BCUT2D eigenvalue weighted by Crippen LogP contribution is 2.20. The number of imide groups is 1. The average Bonchev–Trinajstić information content (AvgIpc) is 2.86. The maximum Gasteiger partial charge on any atom is 0.416 e. The number of carbonyl (C=O) groups excluding carboxylic acids is 3. The molecule has 2 aliphatic rings. The molecule has 0 radical (unpaired) electrons. The summed E-state index contributed by atoms with van der Waals surface area (Å²) in [5.41, 5.74) is 0. The highest BCUT2D eigenvalue weighted by atomic mass is 16.6. The van der Waals surface area contributed by atoms with Gasteiger partial charge in [0.05, 0.1) is 6.54 Å². The third-order valence-electron chi connectivity index (χ3n) is 2.79. The van der Waals surface area contributed by atoms with Crippen LogP contribution in [0.5, 0.6) is 0 Å². The van der Waals surface area contributed by atoms with Crippen molar-refractivity contribution in [3.63, 3.8) is 0 Å². The Kier molecular flexibility index (Phi) is 3.12. The quantitative estimate of drug-likeness (QED) is 0.669. The summed E-state index contributed by atoms with van der Waals surface area (Å²) in [6, 6.07) is 0. The van der Waals surface area contributed by atoms with Crippen LogP contribution in [0.25, 0.3) is 0 Å². The fourth-order valence-corrected chi connectivity index (χ4v) is 1.81. The van der Waals surface area contributed by atoms with E-state index in [0.717, 1.165) is 4.90 Å². The average molecular weight is 239 g/mol. The fraction of sp³-hybridized carbons (Fsp3) is 0.545. The molecule has 0 spiro atoms. The van der Waals surface area contributed by atoms with Crippen molar-refractivity contribution in [2.75, 3.05) is 13.2 Å². The monoisotopic (exact) mass is 239 g/mol. The van der Waals surface area contributed by atoms with Crippen molar-refractivity contribution in [1.82, 2.24) is 4.90 Å². The predicted octanol–water partition coefficient (Wildman–Crippen LogP) is 0.473. The Labute approximate surface area is 98.2 Å². The number of esters is 1. The highest BCUT2D eigenvalue weighted by molar-refractivity contribution is 5.93. The van der Waals surface area contributed by atoms with Gasteiger partial charge in [0.25, 0.3) is 0 Å². The Hall–Kier alpha value is -1.85. The Morgan fingerprint density at radius 3 is 2.88 bits per heavy atom. The van der Waals surface area contributed by atoms with Gasteiger partial charge in [-0.3, -0.25) is 4.79 Å². The van der Waals surface area contributed by atoms with E-state index in [4.69, 9.17) is 4.74 Å². The SMILES string of the molecule is C[C@H](CC(=O)N1CCOC1=O)[C@H]1C=CC(=O)O1. The maximum atomic E-state index is 11.8. The van der Waals surface area contributed by atoms with Crippen LogP contribution < -0.4 is 0 Å². The van der Waals surface area contributed by atoms with Crippen molar-refractivity contribution < 1.29 is 23.9 Å². The van der Waals surface area contributed by atoms with E-state index in [1.807, 2.05) is 0 Å². The van der Waals surface area contributed by atoms with E-state index >= 15 is 0 Å². The molecule has 0 bridgehead atoms. The second-order valence-electron chi connectivity index (χ2n) is 4.10. The molecular weight excluding hydrogens is 226 g/mol. The molecule has 2 heterocycles. The summed E-state index contributed by atoms with van der Waals surface area (Å²) in [6.45, 7) is 2.34. The lowest BCUT2D eigenvalue weighted by atomic mass is 10.0. The van der Waals surface area contributed by atoms with E-state index in [-0.39, 0.29) is 31.0 Å². The molecule has 2 amide bonds. The Bertz CT molecular complexity index is 389. The van der Waals surface area contributed by atoms with Gasteiger partial charge in [-0.15, -0.1) is 0 Å². The van der Waals surface area contributed by atoms with Crippen LogP contribution in [0, 0.1) is 5.92 Å². The Morgan fingerprint density at radius 1 is 1.59 bits per heavy atom. The summed E-state index contributed by atoms with van der Waals surface area (Å²) in [6.07, 6.45) is 2.14. The van der Waals surface area contributed by atoms with Crippen LogP contribution in [0.4, 0.5) is 4.79 Å². The molecule has 92 valence electrons. The maximum absolute atomic E-state index is 11.8. The minimum atomic E-state index is -0.596. The zero-order valence-electron chi connectivity index (χ0n) is 9.42. The summed E-state index contributed by atoms with van der Waals surface area (Å²) >= 11 is 0. The molecule has 0 aromatic carbocycles. The molecule has 0 saturated carbocycles. The van der Waals surface area contributed by atoms with Gasteiger partial charge in [0.15, 0.2) is 0 Å². The molecule has 0 aliphatic carbocycles. The van der Waals surface area contributed by atoms with Crippen molar-refractivity contribution in [2.24, 2.45) is 5.92 Å². The van der Waals surface area contributed by atoms with Crippen molar-refractivity contribution >= 4 is 18.0 Å². The molecule has 0 unspecified atom stereocenters. The van der Waals surface area contributed by atoms with Crippen molar-refractivity contribution in [3.8, 4) is 0 Å². The summed E-state index contributed by atoms with van der Waals surface area (Å²) in [5, 5.41) is 0. The smallest absolute Gasteiger partial charge is 0.416 e. The summed E-state index contributed by atoms with van der Waals surface area (Å²) in [7, 11) is 0. The van der Waals surface area contributed by atoms with Gasteiger partial charge in [0, 0.05) is 18.4 Å². The fourth-order valence-electron chi connectivity index (χ4n) is 1.81. The number of cyclic esters (lactones) is 2. The lowest BCUT2D eigenvalue weighted by Gasteiger charge is -2.18. The first kappa shape index (κ1) is 11.6. The van der Waals surface area contributed by atoms with Gasteiger partial charge in [-0.05, 0) is 6.08 Å². The normalized spacial score (nSPS) is 24.8. The van der Waals surface area contributed by atoms with E-state index in [1.54, 1.807) is 13.0 Å². The summed E-state index contributed by atoms with van der Waals surface area (Å²) < 4.78 is 9.65. The van der Waals surface area contributed by atoms with Crippen molar-refractivity contribution in [1.29, 1.82) is 0 Å². The minimum absolute atomic E-state index is 0.150. The molecule has 6 nitrogen and oxygen atoms in total. The summed E-state index contributed by atoms with van der Waals surface area (Å²) in [4.78, 5) is 34.9. The van der Waals surface area contributed by atoms with Gasteiger partial charge in [-0.1, -0.05) is 6.92 Å². The first-order valence-electron chi connectivity index (χ1n) is 5.44. The second kappa shape index (κ2) is 4.57. The molecule has 6 heteroatoms. The zero-order chi connectivity index (χ0) is 12.4. The van der Waals surface area contributed by atoms with Gasteiger partial charge < -0.3 is 9.47 Å². The molecule has 0 aromatic heterocycles. The Balaban J connectivity index is 1.88. The number of hydrogen-bond donors (Lipinski definition) is 0. The van der Waals surface area contributed by atoms with Gasteiger partial charge >= 0.3 is 12.1 Å². The van der Waals surface area contributed by atoms with Gasteiger partial charge in [-0.2, -0.15) is 0 Å². The molecular formula is C11H13NO5. The van der Waals surface area contributed by atoms with Gasteiger partial charge in [0.1, 0.15) is 12.7 Å². The number of rotatable bonds is 3. The summed E-state index contributed by atoms with van der Waals surface area (Å²) in [5.74, 6) is -0.843. The van der Waals surface area contributed by atoms with E-state index < -0.39 is 12.1 Å². The van der Waals surface area contributed by atoms with Gasteiger partial charge in [-0.25, -0.2) is 14.5 Å². The van der Waals surface area contributed by atoms with E-state index in [9.17, 15) is 14.4 Å². The molecule has 2 rings (SSSR count).